The summed E-state index contributed by atoms with van der Waals surface area (Å²) < 4.78 is 0. The van der Waals surface area contributed by atoms with Crippen LogP contribution in [0.1, 0.15) is 111 Å². The number of aliphatic hydroxyl groups is 2. The summed E-state index contributed by atoms with van der Waals surface area (Å²) >= 11 is 0. The number of carbonyl (C=O) groups is 3. The summed E-state index contributed by atoms with van der Waals surface area (Å²) in [7, 11) is 0. The van der Waals surface area contributed by atoms with Crippen molar-refractivity contribution in [1.82, 2.24) is 0 Å². The molecule has 0 fully saturated rings. The number of ketones is 3. The number of aliphatic hydroxyl groups excluding tert-OH is 2. The van der Waals surface area contributed by atoms with Crippen LogP contribution in [0.5, 0.6) is 0 Å². The Balaban J connectivity index is -0.000000197. The van der Waals surface area contributed by atoms with Crippen LogP contribution in [0, 0.1) is 23.2 Å². The van der Waals surface area contributed by atoms with Crippen molar-refractivity contribution in [3.63, 3.8) is 0 Å². The first-order valence-corrected chi connectivity index (χ1v) is 12.8. The van der Waals surface area contributed by atoms with Gasteiger partial charge in [0, 0.05) is 11.1 Å². The van der Waals surface area contributed by atoms with E-state index in [9.17, 15) is 14.4 Å². The molecular weight excluding hydrogens is 476 g/mol. The zero-order chi connectivity index (χ0) is 28.8. The van der Waals surface area contributed by atoms with E-state index in [-0.39, 0.29) is 49.4 Å². The molecule has 2 N–H and O–H groups in total. The highest BCUT2D eigenvalue weighted by molar-refractivity contribution is 6.22. The first kappa shape index (κ1) is 42.4. The standard InChI is InChI=1S/C10H18.C7H8O3.C6H8O2.2C4H8.2CH4/c1-8-5-9(2)7-10(3,4)6-8;1-3-5(8)4(2)7(10)6(3)9;1-3-5(7)4(2)6(3)8;2*1-3-4-2;;/h5,8H,6-7H2,1-4H3;3,10H,1-2H3;3,7H,1-2H3;2*3-4H,1-2H3;2*1H4/b;;;2*4-3-;;. The van der Waals surface area contributed by atoms with E-state index in [4.69, 9.17) is 10.2 Å². The molecule has 0 aromatic rings. The molecule has 0 amide bonds. The first-order chi connectivity index (χ1) is 16.5. The van der Waals surface area contributed by atoms with Gasteiger partial charge in [-0.1, -0.05) is 71.6 Å². The number of Topliss-reactive ketones (excluding diaryl/α,β-unsaturated/α-hetero) is 3. The van der Waals surface area contributed by atoms with Gasteiger partial charge in [0.25, 0.3) is 0 Å². The van der Waals surface area contributed by atoms with Gasteiger partial charge in [-0.05, 0) is 86.5 Å². The van der Waals surface area contributed by atoms with Crippen molar-refractivity contribution in [3.05, 3.63) is 58.6 Å². The first-order valence-electron chi connectivity index (χ1n) is 12.8. The molecule has 0 aromatic carbocycles. The summed E-state index contributed by atoms with van der Waals surface area (Å²) in [6, 6.07) is 0. The molecule has 0 saturated carbocycles. The molecule has 3 rings (SSSR count). The third-order valence-electron chi connectivity index (χ3n) is 6.17. The number of allylic oxidation sites excluding steroid dienone is 10. The molecule has 220 valence electrons. The minimum absolute atomic E-state index is 0. The summed E-state index contributed by atoms with van der Waals surface area (Å²) in [6.45, 7) is 23.6. The minimum Gasteiger partial charge on any atom is -0.511 e. The van der Waals surface area contributed by atoms with E-state index in [0.29, 0.717) is 11.0 Å². The maximum absolute atomic E-state index is 10.9. The number of hydrogen-bond acceptors (Lipinski definition) is 5. The van der Waals surface area contributed by atoms with Gasteiger partial charge in [-0.2, -0.15) is 0 Å². The molecule has 0 radical (unpaired) electrons. The third-order valence-corrected chi connectivity index (χ3v) is 6.17. The Bertz CT molecular complexity index is 868. The second-order valence-electron chi connectivity index (χ2n) is 10.4. The molecule has 3 aliphatic carbocycles. The second-order valence-corrected chi connectivity index (χ2v) is 10.4. The lowest BCUT2D eigenvalue weighted by atomic mass is 9.74. The fourth-order valence-electron chi connectivity index (χ4n) is 4.07. The van der Waals surface area contributed by atoms with Crippen LogP contribution in [0.25, 0.3) is 0 Å². The van der Waals surface area contributed by atoms with Crippen molar-refractivity contribution < 1.29 is 24.6 Å². The molecule has 38 heavy (non-hydrogen) atoms. The highest BCUT2D eigenvalue weighted by Crippen LogP contribution is 2.37. The Kier molecular flexibility index (Phi) is 22.6. The predicted molar refractivity (Wildman–Crippen MR) is 164 cm³/mol. The highest BCUT2D eigenvalue weighted by atomic mass is 16.3. The van der Waals surface area contributed by atoms with Gasteiger partial charge in [0.15, 0.2) is 17.3 Å². The van der Waals surface area contributed by atoms with Crippen molar-refractivity contribution in [3.8, 4) is 0 Å². The van der Waals surface area contributed by atoms with E-state index in [1.807, 2.05) is 52.0 Å². The number of hydrogen-bond donors (Lipinski definition) is 2. The Labute approximate surface area is 234 Å². The summed E-state index contributed by atoms with van der Waals surface area (Å²) in [5.41, 5.74) is 2.84. The molecule has 5 heteroatoms. The largest absolute Gasteiger partial charge is 0.511 e. The highest BCUT2D eigenvalue weighted by Gasteiger charge is 2.35. The Morgan fingerprint density at radius 2 is 1.13 bits per heavy atom. The SMILES string of the molecule is C.C.C/C=C\C.C/C=C\C.CC1=C(O)C(=O)C(C)C1=O.CC1=C(O)C(C)C1=O.CC1=CC(C)CC(C)(C)C1. The van der Waals surface area contributed by atoms with E-state index < -0.39 is 11.7 Å². The lowest BCUT2D eigenvalue weighted by Crippen LogP contribution is -2.26. The molecule has 3 atom stereocenters. The molecular formula is C33H58O5. The van der Waals surface area contributed by atoms with Crippen LogP contribution in [-0.4, -0.2) is 27.6 Å². The monoisotopic (exact) mass is 534 g/mol. The van der Waals surface area contributed by atoms with Crippen LogP contribution < -0.4 is 0 Å². The Hall–Kier alpha value is -2.69. The van der Waals surface area contributed by atoms with Crippen molar-refractivity contribution in [2.75, 3.05) is 0 Å². The lowest BCUT2D eigenvalue weighted by molar-refractivity contribution is -0.126. The molecule has 0 bridgehead atoms. The van der Waals surface area contributed by atoms with Gasteiger partial charge >= 0.3 is 0 Å². The van der Waals surface area contributed by atoms with E-state index in [1.165, 1.54) is 26.7 Å². The van der Waals surface area contributed by atoms with Crippen molar-refractivity contribution in [2.45, 2.75) is 111 Å². The van der Waals surface area contributed by atoms with Crippen LogP contribution in [0.4, 0.5) is 0 Å². The molecule has 0 aromatic heterocycles. The maximum Gasteiger partial charge on any atom is 0.208 e. The molecule has 5 nitrogen and oxygen atoms in total. The van der Waals surface area contributed by atoms with E-state index in [2.05, 4.69) is 33.8 Å². The predicted octanol–water partition coefficient (Wildman–Crippen LogP) is 9.47. The smallest absolute Gasteiger partial charge is 0.208 e. The Morgan fingerprint density at radius 1 is 0.737 bits per heavy atom. The zero-order valence-corrected chi connectivity index (χ0v) is 24.7. The molecule has 3 unspecified atom stereocenters. The van der Waals surface area contributed by atoms with Gasteiger partial charge in [0.05, 0.1) is 11.8 Å². The molecule has 0 saturated heterocycles. The number of carbonyl (C=O) groups excluding carboxylic acids is 3. The van der Waals surface area contributed by atoms with Crippen molar-refractivity contribution in [1.29, 1.82) is 0 Å². The molecule has 0 heterocycles. The van der Waals surface area contributed by atoms with Gasteiger partial charge in [-0.25, -0.2) is 0 Å². The quantitative estimate of drug-likeness (QED) is 0.238. The second kappa shape index (κ2) is 20.3. The van der Waals surface area contributed by atoms with E-state index in [1.54, 1.807) is 19.4 Å². The summed E-state index contributed by atoms with van der Waals surface area (Å²) in [4.78, 5) is 32.2. The molecule has 0 spiro atoms. The summed E-state index contributed by atoms with van der Waals surface area (Å²) in [5, 5.41) is 17.7. The van der Waals surface area contributed by atoms with Crippen LogP contribution in [0.2, 0.25) is 0 Å². The third kappa shape index (κ3) is 14.3. The number of rotatable bonds is 0. The average Bonchev–Trinajstić information content (AvgIpc) is 2.99. The molecule has 3 aliphatic rings. The van der Waals surface area contributed by atoms with Gasteiger partial charge in [0.1, 0.15) is 5.76 Å². The van der Waals surface area contributed by atoms with Gasteiger partial charge < -0.3 is 10.2 Å². The van der Waals surface area contributed by atoms with Crippen molar-refractivity contribution in [2.24, 2.45) is 23.2 Å². The minimum atomic E-state index is -0.667. The Morgan fingerprint density at radius 3 is 1.29 bits per heavy atom. The van der Waals surface area contributed by atoms with E-state index in [0.717, 1.165) is 5.92 Å². The van der Waals surface area contributed by atoms with Crippen LogP contribution in [-0.2, 0) is 14.4 Å². The average molecular weight is 535 g/mol. The maximum atomic E-state index is 10.9. The summed E-state index contributed by atoms with van der Waals surface area (Å²) in [5.74, 6) is -0.848. The normalized spacial score (nSPS) is 23.2. The van der Waals surface area contributed by atoms with Gasteiger partial charge in [-0.15, -0.1) is 0 Å². The van der Waals surface area contributed by atoms with Crippen LogP contribution in [0.15, 0.2) is 58.6 Å². The fourth-order valence-corrected chi connectivity index (χ4v) is 4.07. The topological polar surface area (TPSA) is 91.7 Å². The van der Waals surface area contributed by atoms with Gasteiger partial charge in [-0.3, -0.25) is 14.4 Å². The van der Waals surface area contributed by atoms with E-state index >= 15 is 0 Å². The summed E-state index contributed by atoms with van der Waals surface area (Å²) in [6.07, 6.45) is 13.0. The lowest BCUT2D eigenvalue weighted by Gasteiger charge is -2.32. The molecule has 0 aliphatic heterocycles. The van der Waals surface area contributed by atoms with Crippen LogP contribution >= 0.6 is 0 Å². The van der Waals surface area contributed by atoms with Gasteiger partial charge in [0.2, 0.25) is 5.78 Å². The fraction of sp³-hybridized carbons (Fsp3) is 0.606. The van der Waals surface area contributed by atoms with Crippen LogP contribution in [0.3, 0.4) is 0 Å². The van der Waals surface area contributed by atoms with Crippen molar-refractivity contribution >= 4 is 17.3 Å². The zero-order valence-electron chi connectivity index (χ0n) is 24.7.